The van der Waals surface area contributed by atoms with Gasteiger partial charge in [-0.25, -0.2) is 0 Å². The summed E-state index contributed by atoms with van der Waals surface area (Å²) in [5, 5.41) is 3.53. The van der Waals surface area contributed by atoms with Crippen LogP contribution >= 0.6 is 0 Å². The number of nitrogens with one attached hydrogen (secondary N) is 1. The Morgan fingerprint density at radius 2 is 2.00 bits per heavy atom. The SMILES string of the molecule is CCNC1CCN(c2ccc(C(C)C)cc2)C1. The first-order chi connectivity index (χ1) is 8.20. The van der Waals surface area contributed by atoms with Crippen molar-refractivity contribution in [1.29, 1.82) is 0 Å². The Bertz CT molecular complexity index is 342. The van der Waals surface area contributed by atoms with Crippen molar-refractivity contribution in [3.05, 3.63) is 29.8 Å². The van der Waals surface area contributed by atoms with E-state index in [0.717, 1.165) is 13.1 Å². The summed E-state index contributed by atoms with van der Waals surface area (Å²) in [4.78, 5) is 2.48. The fourth-order valence-electron chi connectivity index (χ4n) is 2.52. The maximum atomic E-state index is 3.53. The molecule has 1 N–H and O–H groups in total. The Labute approximate surface area is 105 Å². The molecule has 1 unspecified atom stereocenters. The van der Waals surface area contributed by atoms with Crippen molar-refractivity contribution >= 4 is 5.69 Å². The summed E-state index contributed by atoms with van der Waals surface area (Å²) in [5.74, 6) is 0.622. The van der Waals surface area contributed by atoms with Gasteiger partial charge in [-0.05, 0) is 36.6 Å². The minimum Gasteiger partial charge on any atom is -0.370 e. The van der Waals surface area contributed by atoms with Crippen LogP contribution in [0.1, 0.15) is 38.7 Å². The zero-order valence-electron chi connectivity index (χ0n) is 11.2. The normalized spacial score (nSPS) is 20.2. The number of rotatable bonds is 4. The molecule has 17 heavy (non-hydrogen) atoms. The molecule has 1 aromatic rings. The zero-order chi connectivity index (χ0) is 12.3. The van der Waals surface area contributed by atoms with E-state index in [4.69, 9.17) is 0 Å². The van der Waals surface area contributed by atoms with Crippen LogP contribution < -0.4 is 10.2 Å². The van der Waals surface area contributed by atoms with E-state index in [1.165, 1.54) is 24.2 Å². The molecule has 1 aliphatic rings. The van der Waals surface area contributed by atoms with Crippen LogP contribution in [-0.4, -0.2) is 25.7 Å². The van der Waals surface area contributed by atoms with Crippen LogP contribution in [0.5, 0.6) is 0 Å². The summed E-state index contributed by atoms with van der Waals surface area (Å²) in [7, 11) is 0. The Morgan fingerprint density at radius 3 is 2.59 bits per heavy atom. The van der Waals surface area contributed by atoms with Gasteiger partial charge in [0.15, 0.2) is 0 Å². The van der Waals surface area contributed by atoms with Crippen LogP contribution in [0.3, 0.4) is 0 Å². The highest BCUT2D eigenvalue weighted by molar-refractivity contribution is 5.49. The van der Waals surface area contributed by atoms with Gasteiger partial charge in [0.25, 0.3) is 0 Å². The largest absolute Gasteiger partial charge is 0.370 e. The van der Waals surface area contributed by atoms with E-state index in [1.807, 2.05) is 0 Å². The molecule has 0 aliphatic carbocycles. The van der Waals surface area contributed by atoms with Gasteiger partial charge in [0.1, 0.15) is 0 Å². The van der Waals surface area contributed by atoms with Gasteiger partial charge in [-0.3, -0.25) is 0 Å². The minimum absolute atomic E-state index is 0.622. The van der Waals surface area contributed by atoms with E-state index in [-0.39, 0.29) is 0 Å². The lowest BCUT2D eigenvalue weighted by atomic mass is 10.0. The van der Waals surface area contributed by atoms with Crippen molar-refractivity contribution in [2.24, 2.45) is 0 Å². The average molecular weight is 232 g/mol. The molecule has 0 aromatic heterocycles. The summed E-state index contributed by atoms with van der Waals surface area (Å²) >= 11 is 0. The van der Waals surface area contributed by atoms with Gasteiger partial charge in [0.2, 0.25) is 0 Å². The van der Waals surface area contributed by atoms with E-state index < -0.39 is 0 Å². The second-order valence-electron chi connectivity index (χ2n) is 5.24. The lowest BCUT2D eigenvalue weighted by Crippen LogP contribution is -2.32. The minimum atomic E-state index is 0.622. The van der Waals surface area contributed by atoms with Crippen molar-refractivity contribution < 1.29 is 0 Å². The summed E-state index contributed by atoms with van der Waals surface area (Å²) in [5.41, 5.74) is 2.80. The van der Waals surface area contributed by atoms with Crippen molar-refractivity contribution in [3.63, 3.8) is 0 Å². The molecule has 0 amide bonds. The number of hydrogen-bond acceptors (Lipinski definition) is 2. The predicted octanol–water partition coefficient (Wildman–Crippen LogP) is 3.00. The number of likely N-dealkylation sites (N-methyl/N-ethyl adjacent to an activating group) is 1. The maximum absolute atomic E-state index is 3.53. The number of nitrogens with zero attached hydrogens (tertiary/aromatic N) is 1. The van der Waals surface area contributed by atoms with E-state index >= 15 is 0 Å². The molecule has 0 bridgehead atoms. The molecule has 1 fully saturated rings. The molecule has 2 nitrogen and oxygen atoms in total. The highest BCUT2D eigenvalue weighted by Crippen LogP contribution is 2.23. The molecule has 0 spiro atoms. The molecule has 1 saturated heterocycles. The Morgan fingerprint density at radius 1 is 1.29 bits per heavy atom. The summed E-state index contributed by atoms with van der Waals surface area (Å²) in [6.45, 7) is 10.1. The lowest BCUT2D eigenvalue weighted by Gasteiger charge is -2.19. The molecule has 1 heterocycles. The summed E-state index contributed by atoms with van der Waals surface area (Å²) < 4.78 is 0. The fourth-order valence-corrected chi connectivity index (χ4v) is 2.52. The molecule has 1 aromatic carbocycles. The molecular weight excluding hydrogens is 208 g/mol. The second kappa shape index (κ2) is 5.54. The molecule has 1 aliphatic heterocycles. The van der Waals surface area contributed by atoms with Gasteiger partial charge >= 0.3 is 0 Å². The van der Waals surface area contributed by atoms with Crippen LogP contribution in [0.15, 0.2) is 24.3 Å². The topological polar surface area (TPSA) is 15.3 Å². The second-order valence-corrected chi connectivity index (χ2v) is 5.24. The van der Waals surface area contributed by atoms with Crippen molar-refractivity contribution in [2.75, 3.05) is 24.5 Å². The Kier molecular flexibility index (Phi) is 4.06. The van der Waals surface area contributed by atoms with Gasteiger partial charge in [0, 0.05) is 24.8 Å². The summed E-state index contributed by atoms with van der Waals surface area (Å²) in [6, 6.07) is 9.74. The smallest absolute Gasteiger partial charge is 0.0366 e. The van der Waals surface area contributed by atoms with Crippen molar-refractivity contribution in [2.45, 2.75) is 39.2 Å². The standard InChI is InChI=1S/C15H24N2/c1-4-16-14-9-10-17(11-14)15-7-5-13(6-8-15)12(2)3/h5-8,12,14,16H,4,9-11H2,1-3H3. The van der Waals surface area contributed by atoms with Crippen LogP contribution in [0.25, 0.3) is 0 Å². The first kappa shape index (κ1) is 12.4. The number of hydrogen-bond donors (Lipinski definition) is 1. The highest BCUT2D eigenvalue weighted by atomic mass is 15.2. The third-order valence-electron chi connectivity index (χ3n) is 3.61. The molecule has 2 heteroatoms. The third kappa shape index (κ3) is 3.01. The lowest BCUT2D eigenvalue weighted by molar-refractivity contribution is 0.572. The first-order valence-corrected chi connectivity index (χ1v) is 6.79. The van der Waals surface area contributed by atoms with Gasteiger partial charge < -0.3 is 10.2 Å². The molecule has 2 rings (SSSR count). The van der Waals surface area contributed by atoms with Crippen LogP contribution in [-0.2, 0) is 0 Å². The van der Waals surface area contributed by atoms with E-state index in [1.54, 1.807) is 0 Å². The maximum Gasteiger partial charge on any atom is 0.0366 e. The molecular formula is C15H24N2. The van der Waals surface area contributed by atoms with E-state index in [2.05, 4.69) is 55.3 Å². The van der Waals surface area contributed by atoms with Crippen LogP contribution in [0.2, 0.25) is 0 Å². The molecule has 0 saturated carbocycles. The van der Waals surface area contributed by atoms with E-state index in [0.29, 0.717) is 12.0 Å². The Hall–Kier alpha value is -1.02. The molecule has 0 radical (unpaired) electrons. The van der Waals surface area contributed by atoms with Crippen molar-refractivity contribution in [1.82, 2.24) is 5.32 Å². The van der Waals surface area contributed by atoms with Crippen molar-refractivity contribution in [3.8, 4) is 0 Å². The number of anilines is 1. The monoisotopic (exact) mass is 232 g/mol. The zero-order valence-corrected chi connectivity index (χ0v) is 11.2. The molecule has 94 valence electrons. The van der Waals surface area contributed by atoms with Crippen LogP contribution in [0, 0.1) is 0 Å². The Balaban J connectivity index is 1.99. The molecule has 1 atom stereocenters. The number of benzene rings is 1. The fraction of sp³-hybridized carbons (Fsp3) is 0.600. The highest BCUT2D eigenvalue weighted by Gasteiger charge is 2.21. The van der Waals surface area contributed by atoms with Crippen LogP contribution in [0.4, 0.5) is 5.69 Å². The van der Waals surface area contributed by atoms with Gasteiger partial charge in [-0.1, -0.05) is 32.9 Å². The van der Waals surface area contributed by atoms with Gasteiger partial charge in [-0.15, -0.1) is 0 Å². The summed E-state index contributed by atoms with van der Waals surface area (Å²) in [6.07, 6.45) is 1.26. The van der Waals surface area contributed by atoms with E-state index in [9.17, 15) is 0 Å². The average Bonchev–Trinajstić information content (AvgIpc) is 2.78. The predicted molar refractivity (Wildman–Crippen MR) is 74.8 cm³/mol. The first-order valence-electron chi connectivity index (χ1n) is 6.79. The third-order valence-corrected chi connectivity index (χ3v) is 3.61. The quantitative estimate of drug-likeness (QED) is 0.858. The van der Waals surface area contributed by atoms with Gasteiger partial charge in [0.05, 0.1) is 0 Å². The van der Waals surface area contributed by atoms with Gasteiger partial charge in [-0.2, -0.15) is 0 Å².